The molecule has 8 N–H and O–H groups in total. The minimum atomic E-state index is -1.61. The smallest absolute Gasteiger partial charge is 0.307 e. The predicted molar refractivity (Wildman–Crippen MR) is 298 cm³/mol. The van der Waals surface area contributed by atoms with E-state index in [2.05, 4.69) is 12.2 Å². The van der Waals surface area contributed by atoms with Crippen molar-refractivity contribution in [2.75, 3.05) is 0 Å². The van der Waals surface area contributed by atoms with E-state index in [-0.39, 0.29) is 31.1 Å². The SMILES string of the molecule is CCCCCCCCCCCCCCCCCCCCCCCCCC(=O)N[C@@H](C)[C@@H](O)C[C@H](O)CCCC[C@@H](O)C[C@H](C)C[C@H](OC(=O)C[C@@H](CC(=O)O)C(=O)O)[C@H](OC(=O)C[C@@H](CC(=O)O)C(=O)O)[C@H](C)CCCC. The van der Waals surface area contributed by atoms with Gasteiger partial charge in [-0.15, -0.1) is 0 Å². The highest BCUT2D eigenvalue weighted by molar-refractivity contribution is 5.84. The van der Waals surface area contributed by atoms with Crippen molar-refractivity contribution >= 4 is 41.7 Å². The molecule has 0 bridgehead atoms. The lowest BCUT2D eigenvalue weighted by atomic mass is 9.87. The number of carboxylic acids is 4. The summed E-state index contributed by atoms with van der Waals surface area (Å²) in [6.45, 7) is 9.43. The van der Waals surface area contributed by atoms with Crippen LogP contribution in [0.1, 0.15) is 279 Å². The van der Waals surface area contributed by atoms with Crippen LogP contribution in [0.5, 0.6) is 0 Å². The Balaban J connectivity index is 4.77. The Bertz CT molecular complexity index is 1580. The van der Waals surface area contributed by atoms with Crippen LogP contribution in [0.25, 0.3) is 0 Å². The molecule has 0 radical (unpaired) electrons. The monoisotopic (exact) mass is 1100 g/mol. The second-order valence-electron chi connectivity index (χ2n) is 22.6. The molecule has 0 aromatic carbocycles. The zero-order chi connectivity index (χ0) is 57.8. The summed E-state index contributed by atoms with van der Waals surface area (Å²) in [4.78, 5) is 85.2. The number of aliphatic hydroxyl groups is 3. The summed E-state index contributed by atoms with van der Waals surface area (Å²) in [5, 5.41) is 72.9. The summed E-state index contributed by atoms with van der Waals surface area (Å²) < 4.78 is 11.5. The fourth-order valence-electron chi connectivity index (χ4n) is 10.2. The topological polar surface area (TPSA) is 292 Å². The molecule has 450 valence electrons. The fourth-order valence-corrected chi connectivity index (χ4v) is 10.2. The lowest BCUT2D eigenvalue weighted by Crippen LogP contribution is -2.42. The number of carbonyl (C=O) groups is 7. The van der Waals surface area contributed by atoms with Crippen LogP contribution >= 0.6 is 0 Å². The van der Waals surface area contributed by atoms with Crippen LogP contribution in [-0.4, -0.2) is 114 Å². The van der Waals surface area contributed by atoms with Crippen LogP contribution in [0.15, 0.2) is 0 Å². The lowest BCUT2D eigenvalue weighted by molar-refractivity contribution is -0.177. The molecule has 10 atom stereocenters. The van der Waals surface area contributed by atoms with Crippen molar-refractivity contribution in [3.8, 4) is 0 Å². The number of unbranched alkanes of at least 4 members (excludes halogenated alkanes) is 24. The zero-order valence-corrected chi connectivity index (χ0v) is 48.4. The van der Waals surface area contributed by atoms with Crippen LogP contribution in [0.2, 0.25) is 0 Å². The number of amides is 1. The Hall–Kier alpha value is -3.83. The number of carboxylic acid groups (broad SMARTS) is 4. The van der Waals surface area contributed by atoms with Gasteiger partial charge in [-0.2, -0.15) is 0 Å². The average Bonchev–Trinajstić information content (AvgIpc) is 3.35. The molecule has 0 fully saturated rings. The van der Waals surface area contributed by atoms with E-state index >= 15 is 0 Å². The molecule has 17 nitrogen and oxygen atoms in total. The summed E-state index contributed by atoms with van der Waals surface area (Å²) >= 11 is 0. The minimum Gasteiger partial charge on any atom is -0.481 e. The molecular weight excluding hydrogens is 991 g/mol. The van der Waals surface area contributed by atoms with Gasteiger partial charge in [0.2, 0.25) is 5.91 Å². The maximum atomic E-state index is 13.2. The van der Waals surface area contributed by atoms with E-state index in [4.69, 9.17) is 9.47 Å². The maximum absolute atomic E-state index is 13.2. The first-order valence-electron chi connectivity index (χ1n) is 30.3. The molecule has 1 amide bonds. The normalized spacial score (nSPS) is 15.5. The van der Waals surface area contributed by atoms with Crippen LogP contribution in [0.3, 0.4) is 0 Å². The Morgan fingerprint density at radius 3 is 1.19 bits per heavy atom. The first kappa shape index (κ1) is 73.2. The molecule has 0 aliphatic carbocycles. The molecular formula is C60H109NO16. The number of carbonyl (C=O) groups excluding carboxylic acids is 3. The number of hydrogen-bond donors (Lipinski definition) is 8. The Morgan fingerprint density at radius 1 is 0.429 bits per heavy atom. The van der Waals surface area contributed by atoms with E-state index in [0.717, 1.165) is 25.7 Å². The molecule has 0 aromatic heterocycles. The standard InChI is InChI=1S/C60H109NO16/c1-6-8-10-11-12-13-14-15-16-17-18-19-20-21-22-23-24-25-26-27-28-29-30-36-53(65)61-46(5)51(64)43-50(63)35-32-31-34-49(62)37-44(3)38-52(76-56(70)41-47(59(72)73)39-54(66)67)58(45(4)33-9-7-2)77-57(71)42-48(60(74)75)40-55(68)69/h44-52,58,62-64H,6-43H2,1-5H3,(H,61,65)(H,66,67)(H,68,69)(H,72,73)(H,74,75)/t44-,45+,46-,47+,48+,49+,50+,51-,52-,58+/m0/s1. The van der Waals surface area contributed by atoms with Gasteiger partial charge in [0.05, 0.1) is 61.9 Å². The first-order chi connectivity index (χ1) is 36.7. The summed E-state index contributed by atoms with van der Waals surface area (Å²) in [6, 6.07) is -0.534. The van der Waals surface area contributed by atoms with Gasteiger partial charge in [0, 0.05) is 12.8 Å². The van der Waals surface area contributed by atoms with Crippen LogP contribution in [-0.2, 0) is 43.0 Å². The number of aliphatic carboxylic acids is 4. The molecule has 0 heterocycles. The van der Waals surface area contributed by atoms with Gasteiger partial charge in [-0.05, 0) is 57.3 Å². The van der Waals surface area contributed by atoms with Crippen molar-refractivity contribution in [1.29, 1.82) is 0 Å². The summed E-state index contributed by atoms with van der Waals surface area (Å²) in [5.74, 6) is -12.2. The molecule has 0 aromatic rings. The molecule has 0 aliphatic rings. The molecule has 17 heteroatoms. The van der Waals surface area contributed by atoms with Gasteiger partial charge in [0.25, 0.3) is 0 Å². The molecule has 0 rings (SSSR count). The fraction of sp³-hybridized carbons (Fsp3) is 0.883. The number of esters is 2. The van der Waals surface area contributed by atoms with Crippen molar-refractivity contribution < 1.29 is 78.8 Å². The third kappa shape index (κ3) is 41.8. The largest absolute Gasteiger partial charge is 0.481 e. The van der Waals surface area contributed by atoms with E-state index in [9.17, 15) is 69.3 Å². The number of nitrogens with one attached hydrogen (secondary N) is 1. The third-order valence-corrected chi connectivity index (χ3v) is 15.0. The molecule has 0 saturated carbocycles. The quantitative estimate of drug-likeness (QED) is 0.0207. The number of rotatable bonds is 54. The molecule has 0 aliphatic heterocycles. The van der Waals surface area contributed by atoms with Gasteiger partial charge in [0.1, 0.15) is 12.2 Å². The van der Waals surface area contributed by atoms with Crippen molar-refractivity contribution in [3.05, 3.63) is 0 Å². The van der Waals surface area contributed by atoms with E-state index in [1.165, 1.54) is 128 Å². The van der Waals surface area contributed by atoms with E-state index in [1.54, 1.807) is 20.8 Å². The van der Waals surface area contributed by atoms with Crippen LogP contribution in [0.4, 0.5) is 0 Å². The average molecular weight is 1100 g/mol. The minimum absolute atomic E-state index is 0.0103. The number of aliphatic hydroxyl groups excluding tert-OH is 3. The van der Waals surface area contributed by atoms with Crippen LogP contribution < -0.4 is 5.32 Å². The van der Waals surface area contributed by atoms with Gasteiger partial charge in [-0.3, -0.25) is 33.6 Å². The zero-order valence-electron chi connectivity index (χ0n) is 48.4. The first-order valence-corrected chi connectivity index (χ1v) is 30.3. The highest BCUT2D eigenvalue weighted by Gasteiger charge is 2.37. The Labute approximate surface area is 463 Å². The van der Waals surface area contributed by atoms with E-state index in [1.807, 2.05) is 6.92 Å². The Kier molecular flexibility index (Phi) is 44.7. The van der Waals surface area contributed by atoms with Crippen molar-refractivity contribution in [3.63, 3.8) is 0 Å². The third-order valence-electron chi connectivity index (χ3n) is 15.0. The van der Waals surface area contributed by atoms with Gasteiger partial charge < -0.3 is 50.5 Å². The lowest BCUT2D eigenvalue weighted by Gasteiger charge is -2.33. The number of ether oxygens (including phenoxy) is 2. The molecule has 0 unspecified atom stereocenters. The van der Waals surface area contributed by atoms with Crippen molar-refractivity contribution in [2.24, 2.45) is 23.7 Å². The molecule has 0 saturated heterocycles. The highest BCUT2D eigenvalue weighted by atomic mass is 16.6. The van der Waals surface area contributed by atoms with E-state index < -0.39 is 116 Å². The molecule has 77 heavy (non-hydrogen) atoms. The van der Waals surface area contributed by atoms with Gasteiger partial charge in [-0.1, -0.05) is 195 Å². The van der Waals surface area contributed by atoms with Crippen molar-refractivity contribution in [2.45, 2.75) is 315 Å². The maximum Gasteiger partial charge on any atom is 0.307 e. The highest BCUT2D eigenvalue weighted by Crippen LogP contribution is 2.29. The second kappa shape index (κ2) is 47.0. The summed E-state index contributed by atoms with van der Waals surface area (Å²) in [6.07, 6.45) is 26.2. The van der Waals surface area contributed by atoms with Gasteiger partial charge >= 0.3 is 35.8 Å². The number of hydrogen-bond acceptors (Lipinski definition) is 12. The second-order valence-corrected chi connectivity index (χ2v) is 22.6. The van der Waals surface area contributed by atoms with E-state index in [0.29, 0.717) is 44.9 Å². The van der Waals surface area contributed by atoms with Crippen molar-refractivity contribution in [1.82, 2.24) is 5.32 Å². The Morgan fingerprint density at radius 2 is 0.805 bits per heavy atom. The van der Waals surface area contributed by atoms with Gasteiger partial charge in [0.15, 0.2) is 0 Å². The van der Waals surface area contributed by atoms with Crippen LogP contribution in [0, 0.1) is 23.7 Å². The summed E-state index contributed by atoms with van der Waals surface area (Å²) in [7, 11) is 0. The predicted octanol–water partition coefficient (Wildman–Crippen LogP) is 12.1. The molecule has 0 spiro atoms. The summed E-state index contributed by atoms with van der Waals surface area (Å²) in [5.41, 5.74) is 0. The van der Waals surface area contributed by atoms with Gasteiger partial charge in [-0.25, -0.2) is 0 Å².